The molecule has 0 spiro atoms. The Bertz CT molecular complexity index is 1060. The van der Waals surface area contributed by atoms with E-state index in [0.29, 0.717) is 22.3 Å². The Morgan fingerprint density at radius 2 is 2.11 bits per heavy atom. The van der Waals surface area contributed by atoms with Crippen molar-refractivity contribution >= 4 is 28.7 Å². The number of fused-ring (bicyclic) bond motifs is 1. The van der Waals surface area contributed by atoms with E-state index in [1.54, 1.807) is 13.0 Å². The highest BCUT2D eigenvalue weighted by Gasteiger charge is 2.20. The Morgan fingerprint density at radius 3 is 2.81 bits per heavy atom. The Balaban J connectivity index is 2.09. The van der Waals surface area contributed by atoms with Crippen LogP contribution in [0.5, 0.6) is 0 Å². The van der Waals surface area contributed by atoms with Crippen molar-refractivity contribution in [2.24, 2.45) is 0 Å². The summed E-state index contributed by atoms with van der Waals surface area (Å²) in [5, 5.41) is 17.7. The fraction of sp³-hybridized carbons (Fsp3) is 0.176. The number of benzene rings is 1. The second-order valence-corrected chi connectivity index (χ2v) is 5.57. The summed E-state index contributed by atoms with van der Waals surface area (Å²) in [6, 6.07) is 7.30. The van der Waals surface area contributed by atoms with Crippen LogP contribution < -0.4 is 5.32 Å². The van der Waals surface area contributed by atoms with Crippen molar-refractivity contribution in [1.29, 1.82) is 0 Å². The van der Waals surface area contributed by atoms with Gasteiger partial charge in [-0.1, -0.05) is 17.3 Å². The fourth-order valence-electron chi connectivity index (χ4n) is 2.52. The third-order valence-corrected chi connectivity index (χ3v) is 3.84. The summed E-state index contributed by atoms with van der Waals surface area (Å²) in [6.07, 6.45) is 0. The number of nitrogens with zero attached hydrogens (tertiary/aromatic N) is 3. The van der Waals surface area contributed by atoms with Crippen molar-refractivity contribution in [2.75, 3.05) is 13.7 Å². The van der Waals surface area contributed by atoms with E-state index in [0.717, 1.165) is 0 Å². The number of hydrogen-bond acceptors (Lipinski definition) is 8. The first-order valence-electron chi connectivity index (χ1n) is 7.77. The Kier molecular flexibility index (Phi) is 4.79. The number of non-ortho nitro benzene ring substituents is 1. The van der Waals surface area contributed by atoms with Crippen LogP contribution in [0.1, 0.15) is 16.1 Å². The molecule has 0 saturated carbocycles. The number of nitro benzene ring substituents is 1. The number of pyridine rings is 1. The molecule has 0 saturated heterocycles. The lowest BCUT2D eigenvalue weighted by Gasteiger charge is -2.07. The average Bonchev–Trinajstić information content (AvgIpc) is 3.06. The van der Waals surface area contributed by atoms with Gasteiger partial charge >= 0.3 is 5.97 Å². The van der Waals surface area contributed by atoms with E-state index < -0.39 is 16.8 Å². The Labute approximate surface area is 152 Å². The zero-order valence-corrected chi connectivity index (χ0v) is 14.4. The van der Waals surface area contributed by atoms with Crippen LogP contribution in [-0.2, 0) is 9.53 Å². The molecule has 0 atom stereocenters. The molecule has 1 N–H and O–H groups in total. The van der Waals surface area contributed by atoms with Crippen LogP contribution in [0.2, 0.25) is 0 Å². The van der Waals surface area contributed by atoms with Gasteiger partial charge in [0.2, 0.25) is 0 Å². The number of nitro groups is 1. The zero-order valence-electron chi connectivity index (χ0n) is 14.4. The molecule has 0 unspecified atom stereocenters. The summed E-state index contributed by atoms with van der Waals surface area (Å²) in [6.45, 7) is 1.34. The van der Waals surface area contributed by atoms with Crippen LogP contribution in [0, 0.1) is 17.0 Å². The van der Waals surface area contributed by atoms with Crippen LogP contribution in [-0.4, -0.2) is 40.6 Å². The quantitative estimate of drug-likeness (QED) is 0.409. The van der Waals surface area contributed by atoms with Crippen molar-refractivity contribution in [3.8, 4) is 11.3 Å². The van der Waals surface area contributed by atoms with Crippen molar-refractivity contribution < 1.29 is 23.8 Å². The van der Waals surface area contributed by atoms with E-state index in [2.05, 4.69) is 20.2 Å². The number of rotatable bonds is 5. The molecular formula is C17H14N4O6. The molecule has 0 aliphatic rings. The van der Waals surface area contributed by atoms with Crippen LogP contribution in [0.3, 0.4) is 0 Å². The molecule has 3 rings (SSSR count). The minimum Gasteiger partial charge on any atom is -0.468 e. The molecule has 0 aliphatic heterocycles. The second-order valence-electron chi connectivity index (χ2n) is 5.57. The summed E-state index contributed by atoms with van der Waals surface area (Å²) in [5.74, 6) is -1.15. The predicted molar refractivity (Wildman–Crippen MR) is 93.0 cm³/mol. The summed E-state index contributed by atoms with van der Waals surface area (Å²) in [5.41, 5.74) is 1.36. The molecule has 0 aliphatic carbocycles. The maximum atomic E-state index is 12.6. The summed E-state index contributed by atoms with van der Waals surface area (Å²) < 4.78 is 9.66. The molecule has 10 heteroatoms. The number of carbonyl (C=O) groups is 2. The number of aryl methyl sites for hydroxylation is 1. The third-order valence-electron chi connectivity index (χ3n) is 3.84. The highest BCUT2D eigenvalue weighted by atomic mass is 16.6. The smallest absolute Gasteiger partial charge is 0.325 e. The molecule has 27 heavy (non-hydrogen) atoms. The number of esters is 1. The van der Waals surface area contributed by atoms with E-state index in [-0.39, 0.29) is 23.5 Å². The summed E-state index contributed by atoms with van der Waals surface area (Å²) >= 11 is 0. The highest BCUT2D eigenvalue weighted by molar-refractivity contribution is 6.07. The molecule has 2 heterocycles. The number of amides is 1. The molecule has 10 nitrogen and oxygen atoms in total. The molecule has 1 amide bonds. The first kappa shape index (κ1) is 18.0. The molecule has 0 radical (unpaired) electrons. The first-order valence-corrected chi connectivity index (χ1v) is 7.77. The Morgan fingerprint density at radius 1 is 1.33 bits per heavy atom. The van der Waals surface area contributed by atoms with Crippen molar-refractivity contribution in [3.63, 3.8) is 0 Å². The van der Waals surface area contributed by atoms with Gasteiger partial charge in [-0.3, -0.25) is 19.7 Å². The van der Waals surface area contributed by atoms with Gasteiger partial charge in [-0.05, 0) is 13.0 Å². The van der Waals surface area contributed by atoms with Gasteiger partial charge in [-0.15, -0.1) is 0 Å². The maximum Gasteiger partial charge on any atom is 0.325 e. The summed E-state index contributed by atoms with van der Waals surface area (Å²) in [4.78, 5) is 38.6. The largest absolute Gasteiger partial charge is 0.468 e. The van der Waals surface area contributed by atoms with E-state index >= 15 is 0 Å². The predicted octanol–water partition coefficient (Wildman–Crippen LogP) is 2.01. The van der Waals surface area contributed by atoms with Crippen molar-refractivity contribution in [2.45, 2.75) is 6.92 Å². The summed E-state index contributed by atoms with van der Waals surface area (Å²) in [7, 11) is 1.21. The lowest BCUT2D eigenvalue weighted by molar-refractivity contribution is -0.384. The van der Waals surface area contributed by atoms with E-state index in [1.807, 2.05) is 0 Å². The van der Waals surface area contributed by atoms with Gasteiger partial charge in [0.15, 0.2) is 0 Å². The number of nitrogens with one attached hydrogen (secondary N) is 1. The zero-order chi connectivity index (χ0) is 19.6. The van der Waals surface area contributed by atoms with E-state index in [1.165, 1.54) is 31.4 Å². The number of ether oxygens (including phenoxy) is 1. The highest BCUT2D eigenvalue weighted by Crippen LogP contribution is 2.28. The van der Waals surface area contributed by atoms with Crippen molar-refractivity contribution in [1.82, 2.24) is 15.5 Å². The second kappa shape index (κ2) is 7.20. The SMILES string of the molecule is COC(=O)CNC(=O)c1cc(-c2cccc([N+](=O)[O-])c2)nc2onc(C)c12. The third kappa shape index (κ3) is 3.59. The lowest BCUT2D eigenvalue weighted by atomic mass is 10.0. The molecular weight excluding hydrogens is 356 g/mol. The molecule has 0 fully saturated rings. The number of aromatic nitrogens is 2. The fourth-order valence-corrected chi connectivity index (χ4v) is 2.52. The minimum atomic E-state index is -0.602. The van der Waals surface area contributed by atoms with E-state index in [9.17, 15) is 19.7 Å². The van der Waals surface area contributed by atoms with Crippen molar-refractivity contribution in [3.05, 3.63) is 51.7 Å². The topological polar surface area (TPSA) is 137 Å². The average molecular weight is 370 g/mol. The molecule has 3 aromatic rings. The van der Waals surface area contributed by atoms with Gasteiger partial charge in [0.05, 0.1) is 34.4 Å². The van der Waals surface area contributed by atoms with Gasteiger partial charge in [0.25, 0.3) is 17.3 Å². The van der Waals surface area contributed by atoms with Gasteiger partial charge in [-0.2, -0.15) is 0 Å². The first-order chi connectivity index (χ1) is 12.9. The van der Waals surface area contributed by atoms with E-state index in [4.69, 9.17) is 4.52 Å². The van der Waals surface area contributed by atoms with Gasteiger partial charge in [0, 0.05) is 17.7 Å². The van der Waals surface area contributed by atoms with Crippen LogP contribution >= 0.6 is 0 Å². The molecule has 2 aromatic heterocycles. The van der Waals surface area contributed by atoms with Gasteiger partial charge in [0.1, 0.15) is 6.54 Å². The Hall–Kier alpha value is -3.82. The van der Waals surface area contributed by atoms with Gasteiger partial charge in [-0.25, -0.2) is 4.98 Å². The van der Waals surface area contributed by atoms with Crippen LogP contribution in [0.4, 0.5) is 5.69 Å². The number of hydrogen-bond donors (Lipinski definition) is 1. The monoisotopic (exact) mass is 370 g/mol. The minimum absolute atomic E-state index is 0.111. The standard InChI is InChI=1S/C17H14N4O6/c1-9-15-12(16(23)18-8-14(22)26-2)7-13(19-17(15)27-20-9)10-4-3-5-11(6-10)21(24)25/h3-7H,8H2,1-2H3,(H,18,23). The molecule has 1 aromatic carbocycles. The number of carbonyl (C=O) groups excluding carboxylic acids is 2. The number of methoxy groups -OCH3 is 1. The van der Waals surface area contributed by atoms with Crippen LogP contribution in [0.15, 0.2) is 34.9 Å². The van der Waals surface area contributed by atoms with Gasteiger partial charge < -0.3 is 14.6 Å². The van der Waals surface area contributed by atoms with Crippen LogP contribution in [0.25, 0.3) is 22.4 Å². The lowest BCUT2D eigenvalue weighted by Crippen LogP contribution is -2.30. The molecule has 0 bridgehead atoms. The maximum absolute atomic E-state index is 12.6. The molecule has 138 valence electrons. The normalized spacial score (nSPS) is 10.6.